The Balaban J connectivity index is 1.90. The van der Waals surface area contributed by atoms with Gasteiger partial charge in [0.25, 0.3) is 5.91 Å². The number of halogens is 1. The molecule has 1 atom stereocenters. The Morgan fingerprint density at radius 1 is 1.43 bits per heavy atom. The van der Waals surface area contributed by atoms with Crippen molar-refractivity contribution >= 4 is 16.8 Å². The summed E-state index contributed by atoms with van der Waals surface area (Å²) in [5.41, 5.74) is 2.05. The van der Waals surface area contributed by atoms with E-state index in [1.165, 1.54) is 12.1 Å². The molecular formula is C18H21FN2O2. The lowest BCUT2D eigenvalue weighted by molar-refractivity contribution is 0.0947. The van der Waals surface area contributed by atoms with E-state index < -0.39 is 0 Å². The van der Waals surface area contributed by atoms with Gasteiger partial charge in [0.05, 0.1) is 11.1 Å². The number of carbonyl (C=O) groups is 1. The van der Waals surface area contributed by atoms with Crippen molar-refractivity contribution < 1.29 is 14.3 Å². The van der Waals surface area contributed by atoms with E-state index in [4.69, 9.17) is 5.11 Å². The van der Waals surface area contributed by atoms with E-state index in [0.29, 0.717) is 35.3 Å². The molecule has 1 amide bonds. The van der Waals surface area contributed by atoms with Crippen LogP contribution in [0.5, 0.6) is 0 Å². The minimum Gasteiger partial charge on any atom is -0.396 e. The zero-order valence-electron chi connectivity index (χ0n) is 13.2. The molecule has 1 heterocycles. The highest BCUT2D eigenvalue weighted by molar-refractivity contribution is 6.06. The van der Waals surface area contributed by atoms with E-state index in [1.54, 1.807) is 12.1 Å². The lowest BCUT2D eigenvalue weighted by atomic mass is 10.0. The standard InChI is InChI=1S/C18H21FN2O2/c1-11(6-7-22)10-20-18(23)15-9-17(12-2-3-12)21-16-5-4-13(19)8-14(15)16/h4-5,8-9,11-12,22H,2-3,6-7,10H2,1H3,(H,20,23). The number of aliphatic hydroxyl groups is 1. The third-order valence-electron chi connectivity index (χ3n) is 4.26. The first kappa shape index (κ1) is 15.9. The van der Waals surface area contributed by atoms with Gasteiger partial charge in [-0.2, -0.15) is 0 Å². The first-order chi connectivity index (χ1) is 11.1. The van der Waals surface area contributed by atoms with Crippen molar-refractivity contribution in [3.63, 3.8) is 0 Å². The highest BCUT2D eigenvalue weighted by atomic mass is 19.1. The molecular weight excluding hydrogens is 295 g/mol. The summed E-state index contributed by atoms with van der Waals surface area (Å²) in [7, 11) is 0. The number of hydrogen-bond acceptors (Lipinski definition) is 3. The van der Waals surface area contributed by atoms with Crippen molar-refractivity contribution in [2.24, 2.45) is 5.92 Å². The number of fused-ring (bicyclic) bond motifs is 1. The number of hydrogen-bond donors (Lipinski definition) is 2. The van der Waals surface area contributed by atoms with E-state index in [0.717, 1.165) is 18.5 Å². The molecule has 2 aromatic rings. The maximum Gasteiger partial charge on any atom is 0.252 e. The molecule has 0 spiro atoms. The monoisotopic (exact) mass is 316 g/mol. The Labute approximate surface area is 134 Å². The van der Waals surface area contributed by atoms with Gasteiger partial charge >= 0.3 is 0 Å². The predicted octanol–water partition coefficient (Wildman–Crippen LogP) is 3.00. The Bertz CT molecular complexity index is 728. The average Bonchev–Trinajstić information content (AvgIpc) is 3.37. The molecule has 23 heavy (non-hydrogen) atoms. The minimum absolute atomic E-state index is 0.103. The van der Waals surface area contributed by atoms with Crippen LogP contribution >= 0.6 is 0 Å². The van der Waals surface area contributed by atoms with Crippen LogP contribution in [0.3, 0.4) is 0 Å². The van der Waals surface area contributed by atoms with Crippen LogP contribution in [0.2, 0.25) is 0 Å². The Hall–Kier alpha value is -2.01. The van der Waals surface area contributed by atoms with Gasteiger partial charge in [0.15, 0.2) is 0 Å². The second-order valence-electron chi connectivity index (χ2n) is 6.36. The molecule has 0 aliphatic heterocycles. The van der Waals surface area contributed by atoms with Crippen LogP contribution < -0.4 is 5.32 Å². The van der Waals surface area contributed by atoms with Crippen LogP contribution in [-0.4, -0.2) is 29.1 Å². The van der Waals surface area contributed by atoms with Gasteiger partial charge in [-0.3, -0.25) is 9.78 Å². The molecule has 1 fully saturated rings. The fourth-order valence-corrected chi connectivity index (χ4v) is 2.68. The quantitative estimate of drug-likeness (QED) is 0.861. The van der Waals surface area contributed by atoms with Gasteiger partial charge in [-0.05, 0) is 49.4 Å². The minimum atomic E-state index is -0.374. The maximum atomic E-state index is 13.6. The lowest BCUT2D eigenvalue weighted by Crippen LogP contribution is -2.29. The normalized spacial score (nSPS) is 15.6. The largest absolute Gasteiger partial charge is 0.396 e. The zero-order valence-corrected chi connectivity index (χ0v) is 13.2. The molecule has 0 radical (unpaired) electrons. The van der Waals surface area contributed by atoms with Gasteiger partial charge in [-0.15, -0.1) is 0 Å². The van der Waals surface area contributed by atoms with Gasteiger partial charge in [-0.25, -0.2) is 4.39 Å². The number of rotatable bonds is 6. The zero-order chi connectivity index (χ0) is 16.4. The number of carbonyl (C=O) groups excluding carboxylic acids is 1. The lowest BCUT2D eigenvalue weighted by Gasteiger charge is -2.13. The van der Waals surface area contributed by atoms with E-state index in [9.17, 15) is 9.18 Å². The smallest absolute Gasteiger partial charge is 0.252 e. The van der Waals surface area contributed by atoms with E-state index in [1.807, 2.05) is 6.92 Å². The Kier molecular flexibility index (Phi) is 4.57. The molecule has 0 saturated heterocycles. The number of aromatic nitrogens is 1. The molecule has 3 rings (SSSR count). The van der Waals surface area contributed by atoms with Crippen LogP contribution in [0.4, 0.5) is 4.39 Å². The van der Waals surface area contributed by atoms with Crippen LogP contribution in [0.1, 0.15) is 48.2 Å². The fourth-order valence-electron chi connectivity index (χ4n) is 2.68. The first-order valence-electron chi connectivity index (χ1n) is 8.07. The van der Waals surface area contributed by atoms with Crippen molar-refractivity contribution in [2.45, 2.75) is 32.1 Å². The second kappa shape index (κ2) is 6.62. The topological polar surface area (TPSA) is 62.2 Å². The molecule has 1 aromatic carbocycles. The maximum absolute atomic E-state index is 13.6. The summed E-state index contributed by atoms with van der Waals surface area (Å²) in [4.78, 5) is 17.1. The number of nitrogens with zero attached hydrogens (tertiary/aromatic N) is 1. The van der Waals surface area contributed by atoms with Crippen LogP contribution in [0, 0.1) is 11.7 Å². The van der Waals surface area contributed by atoms with Gasteiger partial charge in [0.2, 0.25) is 0 Å². The molecule has 122 valence electrons. The van der Waals surface area contributed by atoms with E-state index in [2.05, 4.69) is 10.3 Å². The molecule has 1 unspecified atom stereocenters. The average molecular weight is 316 g/mol. The van der Waals surface area contributed by atoms with Gasteiger partial charge < -0.3 is 10.4 Å². The van der Waals surface area contributed by atoms with E-state index in [-0.39, 0.29) is 24.2 Å². The summed E-state index contributed by atoms with van der Waals surface area (Å²) < 4.78 is 13.6. The molecule has 4 nitrogen and oxygen atoms in total. The second-order valence-corrected chi connectivity index (χ2v) is 6.36. The summed E-state index contributed by atoms with van der Waals surface area (Å²) >= 11 is 0. The van der Waals surface area contributed by atoms with Crippen molar-refractivity contribution in [3.05, 3.63) is 41.3 Å². The number of amides is 1. The number of nitrogens with one attached hydrogen (secondary N) is 1. The number of benzene rings is 1. The summed E-state index contributed by atoms with van der Waals surface area (Å²) in [6.45, 7) is 2.56. The van der Waals surface area contributed by atoms with Crippen molar-refractivity contribution in [1.82, 2.24) is 10.3 Å². The number of aliphatic hydroxyl groups excluding tert-OH is 1. The van der Waals surface area contributed by atoms with Gasteiger partial charge in [0.1, 0.15) is 5.82 Å². The highest BCUT2D eigenvalue weighted by Gasteiger charge is 2.27. The fraction of sp³-hybridized carbons (Fsp3) is 0.444. The summed E-state index contributed by atoms with van der Waals surface area (Å²) in [5.74, 6) is 0.0249. The summed E-state index contributed by atoms with van der Waals surface area (Å²) in [6.07, 6.45) is 2.82. The van der Waals surface area contributed by atoms with Crippen LogP contribution in [0.15, 0.2) is 24.3 Å². The van der Waals surface area contributed by atoms with Gasteiger partial charge in [-0.1, -0.05) is 6.92 Å². The van der Waals surface area contributed by atoms with Crippen molar-refractivity contribution in [1.29, 1.82) is 0 Å². The molecule has 1 aliphatic carbocycles. The van der Waals surface area contributed by atoms with Crippen LogP contribution in [0.25, 0.3) is 10.9 Å². The number of pyridine rings is 1. The Morgan fingerprint density at radius 2 is 2.22 bits per heavy atom. The molecule has 1 aliphatic rings. The molecule has 0 bridgehead atoms. The first-order valence-corrected chi connectivity index (χ1v) is 8.07. The van der Waals surface area contributed by atoms with Crippen molar-refractivity contribution in [3.8, 4) is 0 Å². The van der Waals surface area contributed by atoms with Crippen LogP contribution in [-0.2, 0) is 0 Å². The Morgan fingerprint density at radius 3 is 2.91 bits per heavy atom. The molecule has 2 N–H and O–H groups in total. The van der Waals surface area contributed by atoms with Crippen molar-refractivity contribution in [2.75, 3.05) is 13.2 Å². The molecule has 1 aromatic heterocycles. The van der Waals surface area contributed by atoms with Gasteiger partial charge in [0, 0.05) is 30.1 Å². The third-order valence-corrected chi connectivity index (χ3v) is 4.26. The summed E-state index contributed by atoms with van der Waals surface area (Å²) in [5, 5.41) is 12.4. The SMILES string of the molecule is CC(CCO)CNC(=O)c1cc(C2CC2)nc2ccc(F)cc12. The molecule has 5 heteroatoms. The predicted molar refractivity (Wildman–Crippen MR) is 86.9 cm³/mol. The third kappa shape index (κ3) is 3.67. The molecule has 1 saturated carbocycles. The summed E-state index contributed by atoms with van der Waals surface area (Å²) in [6, 6.07) is 6.16. The highest BCUT2D eigenvalue weighted by Crippen LogP contribution is 2.40. The van der Waals surface area contributed by atoms with E-state index >= 15 is 0 Å².